The van der Waals surface area contributed by atoms with Crippen molar-refractivity contribution in [1.82, 2.24) is 5.43 Å². The Balaban J connectivity index is 3.01. The van der Waals surface area contributed by atoms with E-state index in [4.69, 9.17) is 5.84 Å². The fraction of sp³-hybridized carbons (Fsp3) is 0.200. The molecule has 0 aliphatic heterocycles. The van der Waals surface area contributed by atoms with E-state index in [0.717, 1.165) is 10.9 Å². The highest BCUT2D eigenvalue weighted by Crippen LogP contribution is 2.25. The molecular weight excluding hydrogens is 355 g/mol. The summed E-state index contributed by atoms with van der Waals surface area (Å²) >= 11 is 5.75. The standard InChI is InChI=1S/C10H12BrIN2/c1-2-3-10(14-13)8-6-7(11)4-5-9(8)12/h2,4-6,10,14H,1,3,13H2. The van der Waals surface area contributed by atoms with Gasteiger partial charge in [-0.25, -0.2) is 0 Å². The van der Waals surface area contributed by atoms with E-state index in [1.807, 2.05) is 12.1 Å². The molecule has 1 rings (SSSR count). The minimum absolute atomic E-state index is 0.136. The fourth-order valence-corrected chi connectivity index (χ4v) is 2.32. The van der Waals surface area contributed by atoms with Gasteiger partial charge in [-0.15, -0.1) is 6.58 Å². The first-order chi connectivity index (χ1) is 6.69. The van der Waals surface area contributed by atoms with E-state index >= 15 is 0 Å². The predicted molar refractivity (Wildman–Crippen MR) is 71.7 cm³/mol. The number of rotatable bonds is 4. The average molecular weight is 367 g/mol. The molecule has 0 bridgehead atoms. The van der Waals surface area contributed by atoms with Crippen LogP contribution in [0.2, 0.25) is 0 Å². The Hall–Kier alpha value is 0.0900. The van der Waals surface area contributed by atoms with Gasteiger partial charge in [0.25, 0.3) is 0 Å². The molecule has 1 aromatic carbocycles. The number of benzene rings is 1. The molecule has 0 radical (unpaired) electrons. The number of hydrazine groups is 1. The number of nitrogens with two attached hydrogens (primary N) is 1. The first-order valence-corrected chi connectivity index (χ1v) is 6.08. The van der Waals surface area contributed by atoms with Gasteiger partial charge in [-0.2, -0.15) is 0 Å². The molecule has 4 heteroatoms. The molecule has 0 spiro atoms. The molecule has 0 aromatic heterocycles. The summed E-state index contributed by atoms with van der Waals surface area (Å²) in [4.78, 5) is 0. The van der Waals surface area contributed by atoms with Gasteiger partial charge in [0.05, 0.1) is 6.04 Å². The van der Waals surface area contributed by atoms with Crippen molar-refractivity contribution in [3.8, 4) is 0 Å². The zero-order chi connectivity index (χ0) is 10.6. The fourth-order valence-electron chi connectivity index (χ4n) is 1.23. The van der Waals surface area contributed by atoms with Crippen molar-refractivity contribution < 1.29 is 0 Å². The number of nitrogens with one attached hydrogen (secondary N) is 1. The predicted octanol–water partition coefficient (Wildman–Crippen LogP) is 3.13. The lowest BCUT2D eigenvalue weighted by molar-refractivity contribution is 0.559. The molecule has 14 heavy (non-hydrogen) atoms. The van der Waals surface area contributed by atoms with Crippen LogP contribution in [0.15, 0.2) is 35.3 Å². The third kappa shape index (κ3) is 3.05. The Morgan fingerprint density at radius 3 is 2.93 bits per heavy atom. The van der Waals surface area contributed by atoms with Gasteiger partial charge in [0.15, 0.2) is 0 Å². The van der Waals surface area contributed by atoms with Gasteiger partial charge >= 0.3 is 0 Å². The second-order valence-electron chi connectivity index (χ2n) is 2.91. The summed E-state index contributed by atoms with van der Waals surface area (Å²) in [5, 5.41) is 0. The van der Waals surface area contributed by atoms with Gasteiger partial charge in [0.1, 0.15) is 0 Å². The highest BCUT2D eigenvalue weighted by Gasteiger charge is 2.11. The van der Waals surface area contributed by atoms with Crippen molar-refractivity contribution in [2.75, 3.05) is 0 Å². The molecule has 0 aliphatic carbocycles. The Morgan fingerprint density at radius 1 is 1.64 bits per heavy atom. The van der Waals surface area contributed by atoms with Crippen LogP contribution in [0.25, 0.3) is 0 Å². The summed E-state index contributed by atoms with van der Waals surface area (Å²) in [6.45, 7) is 3.72. The highest BCUT2D eigenvalue weighted by molar-refractivity contribution is 14.1. The van der Waals surface area contributed by atoms with Crippen LogP contribution in [-0.4, -0.2) is 0 Å². The first kappa shape index (κ1) is 12.2. The quantitative estimate of drug-likeness (QED) is 0.372. The highest BCUT2D eigenvalue weighted by atomic mass is 127. The van der Waals surface area contributed by atoms with E-state index in [1.54, 1.807) is 0 Å². The molecule has 2 nitrogen and oxygen atoms in total. The lowest BCUT2D eigenvalue weighted by Crippen LogP contribution is -2.28. The topological polar surface area (TPSA) is 38.0 Å². The number of halogens is 2. The summed E-state index contributed by atoms with van der Waals surface area (Å²) < 4.78 is 2.27. The van der Waals surface area contributed by atoms with Crippen LogP contribution in [0.5, 0.6) is 0 Å². The van der Waals surface area contributed by atoms with Crippen LogP contribution in [0.3, 0.4) is 0 Å². The van der Waals surface area contributed by atoms with Gasteiger partial charge in [-0.05, 0) is 52.8 Å². The number of hydrogen-bond acceptors (Lipinski definition) is 2. The summed E-state index contributed by atoms with van der Waals surface area (Å²) in [7, 11) is 0. The summed E-state index contributed by atoms with van der Waals surface area (Å²) in [5.74, 6) is 5.49. The molecule has 0 heterocycles. The Labute approximate surface area is 106 Å². The van der Waals surface area contributed by atoms with E-state index in [-0.39, 0.29) is 6.04 Å². The Morgan fingerprint density at radius 2 is 2.36 bits per heavy atom. The van der Waals surface area contributed by atoms with Crippen molar-refractivity contribution in [3.63, 3.8) is 0 Å². The molecule has 0 fully saturated rings. The van der Waals surface area contributed by atoms with Crippen LogP contribution in [0, 0.1) is 3.57 Å². The first-order valence-electron chi connectivity index (χ1n) is 4.21. The zero-order valence-corrected chi connectivity index (χ0v) is 11.4. The summed E-state index contributed by atoms with van der Waals surface area (Å²) in [6, 6.07) is 6.30. The molecule has 1 aromatic rings. The Bertz CT molecular complexity index is 328. The molecule has 0 saturated carbocycles. The third-order valence-electron chi connectivity index (χ3n) is 1.94. The van der Waals surface area contributed by atoms with Crippen LogP contribution in [0.1, 0.15) is 18.0 Å². The van der Waals surface area contributed by atoms with E-state index in [1.165, 1.54) is 9.13 Å². The SMILES string of the molecule is C=CCC(NN)c1cc(Br)ccc1I. The smallest absolute Gasteiger partial charge is 0.0505 e. The maximum Gasteiger partial charge on any atom is 0.0505 e. The molecule has 0 aliphatic rings. The number of hydrogen-bond donors (Lipinski definition) is 2. The third-order valence-corrected chi connectivity index (χ3v) is 3.41. The van der Waals surface area contributed by atoms with Crippen molar-refractivity contribution in [2.45, 2.75) is 12.5 Å². The van der Waals surface area contributed by atoms with E-state index < -0.39 is 0 Å². The second kappa shape index (κ2) is 5.85. The largest absolute Gasteiger partial charge is 0.271 e. The van der Waals surface area contributed by atoms with Gasteiger partial charge in [0, 0.05) is 8.04 Å². The minimum Gasteiger partial charge on any atom is -0.271 e. The lowest BCUT2D eigenvalue weighted by atomic mass is 10.0. The molecule has 76 valence electrons. The van der Waals surface area contributed by atoms with Gasteiger partial charge in [0.2, 0.25) is 0 Å². The van der Waals surface area contributed by atoms with Gasteiger partial charge < -0.3 is 0 Å². The molecule has 0 amide bonds. The molecule has 1 atom stereocenters. The zero-order valence-electron chi connectivity index (χ0n) is 7.63. The maximum atomic E-state index is 5.49. The molecule has 3 N–H and O–H groups in total. The maximum absolute atomic E-state index is 5.49. The van der Waals surface area contributed by atoms with Crippen LogP contribution in [0.4, 0.5) is 0 Å². The van der Waals surface area contributed by atoms with Crippen molar-refractivity contribution in [3.05, 3.63) is 44.5 Å². The minimum atomic E-state index is 0.136. The van der Waals surface area contributed by atoms with Crippen LogP contribution < -0.4 is 11.3 Å². The molecular formula is C10H12BrIN2. The van der Waals surface area contributed by atoms with Gasteiger partial charge in [-0.3, -0.25) is 11.3 Å². The van der Waals surface area contributed by atoms with Crippen LogP contribution in [-0.2, 0) is 0 Å². The summed E-state index contributed by atoms with van der Waals surface area (Å²) in [5.41, 5.74) is 3.99. The van der Waals surface area contributed by atoms with E-state index in [0.29, 0.717) is 0 Å². The molecule has 1 unspecified atom stereocenters. The van der Waals surface area contributed by atoms with Crippen molar-refractivity contribution in [2.24, 2.45) is 5.84 Å². The van der Waals surface area contributed by atoms with Crippen molar-refractivity contribution >= 4 is 38.5 Å². The average Bonchev–Trinajstić information content (AvgIpc) is 2.18. The summed E-state index contributed by atoms with van der Waals surface area (Å²) in [6.07, 6.45) is 2.68. The van der Waals surface area contributed by atoms with Crippen molar-refractivity contribution in [1.29, 1.82) is 0 Å². The monoisotopic (exact) mass is 366 g/mol. The van der Waals surface area contributed by atoms with E-state index in [9.17, 15) is 0 Å². The normalized spacial score (nSPS) is 12.5. The van der Waals surface area contributed by atoms with Crippen LogP contribution >= 0.6 is 38.5 Å². The second-order valence-corrected chi connectivity index (χ2v) is 4.99. The Kier molecular flexibility index (Phi) is 5.08. The van der Waals surface area contributed by atoms with E-state index in [2.05, 4.69) is 62.7 Å². The lowest BCUT2D eigenvalue weighted by Gasteiger charge is -2.16. The van der Waals surface area contributed by atoms with Gasteiger partial charge in [-0.1, -0.05) is 22.0 Å². The molecule has 0 saturated heterocycles.